The van der Waals surface area contributed by atoms with E-state index in [4.69, 9.17) is 10.8 Å². The number of amides is 1. The van der Waals surface area contributed by atoms with E-state index in [0.717, 1.165) is 19.3 Å². The van der Waals surface area contributed by atoms with Crippen LogP contribution in [0.1, 0.15) is 26.2 Å². The van der Waals surface area contributed by atoms with Gasteiger partial charge in [-0.15, -0.1) is 0 Å². The van der Waals surface area contributed by atoms with Crippen LogP contribution in [-0.4, -0.2) is 42.2 Å². The number of hydrogen-bond acceptors (Lipinski definition) is 3. The highest BCUT2D eigenvalue weighted by molar-refractivity contribution is 5.79. The zero-order valence-corrected chi connectivity index (χ0v) is 9.65. The van der Waals surface area contributed by atoms with Gasteiger partial charge >= 0.3 is 0 Å². The first kappa shape index (κ1) is 12.5. The van der Waals surface area contributed by atoms with Crippen LogP contribution >= 0.6 is 0 Å². The quantitative estimate of drug-likeness (QED) is 0.705. The van der Waals surface area contributed by atoms with Crippen molar-refractivity contribution in [1.29, 1.82) is 0 Å². The Balaban J connectivity index is 2.57. The van der Waals surface area contributed by atoms with Gasteiger partial charge in [0.25, 0.3) is 0 Å². The molecule has 0 heterocycles. The van der Waals surface area contributed by atoms with Gasteiger partial charge in [0.1, 0.15) is 0 Å². The van der Waals surface area contributed by atoms with Gasteiger partial charge in [-0.1, -0.05) is 13.3 Å². The second-order valence-electron chi connectivity index (χ2n) is 4.58. The number of carbonyl (C=O) groups is 1. The number of nitrogens with two attached hydrogens (primary N) is 1. The number of likely N-dealkylation sites (N-methyl/N-ethyl adjacent to an activating group) is 1. The van der Waals surface area contributed by atoms with E-state index in [1.54, 1.807) is 11.9 Å². The highest BCUT2D eigenvalue weighted by Crippen LogP contribution is 2.28. The molecule has 3 atom stereocenters. The van der Waals surface area contributed by atoms with Crippen molar-refractivity contribution in [2.45, 2.75) is 32.2 Å². The lowest BCUT2D eigenvalue weighted by atomic mass is 9.77. The summed E-state index contributed by atoms with van der Waals surface area (Å²) in [5, 5.41) is 8.78. The lowest BCUT2D eigenvalue weighted by molar-refractivity contribution is -0.136. The molecule has 3 unspecified atom stereocenters. The predicted molar refractivity (Wildman–Crippen MR) is 59.2 cm³/mol. The Morgan fingerprint density at radius 2 is 2.20 bits per heavy atom. The largest absolute Gasteiger partial charge is 0.395 e. The van der Waals surface area contributed by atoms with E-state index in [1.165, 1.54) is 0 Å². The lowest BCUT2D eigenvalue weighted by Gasteiger charge is -2.35. The molecular formula is C11H22N2O2. The Kier molecular flexibility index (Phi) is 4.54. The Morgan fingerprint density at radius 1 is 1.53 bits per heavy atom. The first-order chi connectivity index (χ1) is 7.07. The summed E-state index contributed by atoms with van der Waals surface area (Å²) in [5.41, 5.74) is 6.05. The van der Waals surface area contributed by atoms with Crippen LogP contribution in [-0.2, 0) is 4.79 Å². The summed E-state index contributed by atoms with van der Waals surface area (Å²) in [5.74, 6) is 0.462. The molecule has 1 aliphatic rings. The summed E-state index contributed by atoms with van der Waals surface area (Å²) < 4.78 is 0. The summed E-state index contributed by atoms with van der Waals surface area (Å²) in [7, 11) is 1.73. The molecule has 1 aliphatic carbocycles. The third-order valence-corrected chi connectivity index (χ3v) is 3.43. The number of aliphatic hydroxyl groups is 1. The van der Waals surface area contributed by atoms with E-state index in [2.05, 4.69) is 6.92 Å². The SMILES string of the molecule is CC1CCCC(C(=O)N(C)CCO)C1N. The molecular weight excluding hydrogens is 192 g/mol. The van der Waals surface area contributed by atoms with Crippen LogP contribution in [0.3, 0.4) is 0 Å². The summed E-state index contributed by atoms with van der Waals surface area (Å²) in [6, 6.07) is -0.0209. The third kappa shape index (κ3) is 2.92. The maximum absolute atomic E-state index is 12.0. The molecule has 1 saturated carbocycles. The minimum atomic E-state index is -0.0506. The smallest absolute Gasteiger partial charge is 0.227 e. The predicted octanol–water partition coefficient (Wildman–Crippen LogP) is 0.201. The second kappa shape index (κ2) is 5.47. The van der Waals surface area contributed by atoms with Gasteiger partial charge in [0.05, 0.1) is 12.5 Å². The normalized spacial score (nSPS) is 31.3. The van der Waals surface area contributed by atoms with Gasteiger partial charge in [-0.25, -0.2) is 0 Å². The van der Waals surface area contributed by atoms with Gasteiger partial charge in [-0.3, -0.25) is 4.79 Å². The Morgan fingerprint density at radius 3 is 2.80 bits per heavy atom. The number of carbonyl (C=O) groups excluding carboxylic acids is 1. The van der Waals surface area contributed by atoms with Crippen molar-refractivity contribution in [1.82, 2.24) is 4.90 Å². The van der Waals surface area contributed by atoms with E-state index in [9.17, 15) is 4.79 Å². The molecule has 0 aromatic carbocycles. The maximum Gasteiger partial charge on any atom is 0.227 e. The number of aliphatic hydroxyl groups excluding tert-OH is 1. The molecule has 15 heavy (non-hydrogen) atoms. The van der Waals surface area contributed by atoms with Gasteiger partial charge in [0, 0.05) is 19.6 Å². The zero-order chi connectivity index (χ0) is 11.4. The van der Waals surface area contributed by atoms with Crippen LogP contribution in [0.25, 0.3) is 0 Å². The molecule has 0 aliphatic heterocycles. The van der Waals surface area contributed by atoms with Crippen LogP contribution in [0, 0.1) is 11.8 Å². The zero-order valence-electron chi connectivity index (χ0n) is 9.65. The van der Waals surface area contributed by atoms with Crippen LogP contribution in [0.2, 0.25) is 0 Å². The molecule has 0 bridgehead atoms. The van der Waals surface area contributed by atoms with Gasteiger partial charge in [0.15, 0.2) is 0 Å². The summed E-state index contributed by atoms with van der Waals surface area (Å²) in [4.78, 5) is 13.6. The topological polar surface area (TPSA) is 66.6 Å². The molecule has 4 heteroatoms. The average molecular weight is 214 g/mol. The highest BCUT2D eigenvalue weighted by atomic mass is 16.3. The average Bonchev–Trinajstić information content (AvgIpc) is 2.21. The van der Waals surface area contributed by atoms with E-state index >= 15 is 0 Å². The van der Waals surface area contributed by atoms with Crippen molar-refractivity contribution in [2.75, 3.05) is 20.2 Å². The first-order valence-electron chi connectivity index (χ1n) is 5.69. The van der Waals surface area contributed by atoms with Gasteiger partial charge in [-0.05, 0) is 18.8 Å². The molecule has 0 saturated heterocycles. The summed E-state index contributed by atoms with van der Waals surface area (Å²) in [6.07, 6.45) is 3.09. The molecule has 3 N–H and O–H groups in total. The van der Waals surface area contributed by atoms with Crippen LogP contribution < -0.4 is 5.73 Å². The molecule has 1 amide bonds. The van der Waals surface area contributed by atoms with Crippen molar-refractivity contribution in [3.63, 3.8) is 0 Å². The fourth-order valence-corrected chi connectivity index (χ4v) is 2.27. The van der Waals surface area contributed by atoms with E-state index in [0.29, 0.717) is 12.5 Å². The Hall–Kier alpha value is -0.610. The fraction of sp³-hybridized carbons (Fsp3) is 0.909. The summed E-state index contributed by atoms with van der Waals surface area (Å²) in [6.45, 7) is 2.52. The minimum absolute atomic E-state index is 0.0136. The van der Waals surface area contributed by atoms with Gasteiger partial charge < -0.3 is 15.7 Å². The highest BCUT2D eigenvalue weighted by Gasteiger charge is 2.33. The summed E-state index contributed by atoms with van der Waals surface area (Å²) >= 11 is 0. The molecule has 4 nitrogen and oxygen atoms in total. The van der Waals surface area contributed by atoms with Crippen LogP contribution in [0.15, 0.2) is 0 Å². The maximum atomic E-state index is 12.0. The lowest BCUT2D eigenvalue weighted by Crippen LogP contribution is -2.48. The second-order valence-corrected chi connectivity index (χ2v) is 4.58. The molecule has 0 aromatic rings. The Labute approximate surface area is 91.4 Å². The van der Waals surface area contributed by atoms with Gasteiger partial charge in [-0.2, -0.15) is 0 Å². The fourth-order valence-electron chi connectivity index (χ4n) is 2.27. The van der Waals surface area contributed by atoms with Crippen LogP contribution in [0.5, 0.6) is 0 Å². The van der Waals surface area contributed by atoms with Crippen molar-refractivity contribution in [3.05, 3.63) is 0 Å². The van der Waals surface area contributed by atoms with E-state index < -0.39 is 0 Å². The molecule has 1 rings (SSSR count). The third-order valence-electron chi connectivity index (χ3n) is 3.43. The van der Waals surface area contributed by atoms with Crippen molar-refractivity contribution in [2.24, 2.45) is 17.6 Å². The molecule has 88 valence electrons. The molecule has 0 radical (unpaired) electrons. The molecule has 0 aromatic heterocycles. The van der Waals surface area contributed by atoms with E-state index in [1.807, 2.05) is 0 Å². The number of nitrogens with zero attached hydrogens (tertiary/aromatic N) is 1. The monoisotopic (exact) mass is 214 g/mol. The molecule has 0 spiro atoms. The van der Waals surface area contributed by atoms with Crippen molar-refractivity contribution < 1.29 is 9.90 Å². The van der Waals surface area contributed by atoms with Crippen molar-refractivity contribution >= 4 is 5.91 Å². The first-order valence-corrected chi connectivity index (χ1v) is 5.69. The van der Waals surface area contributed by atoms with Crippen LogP contribution in [0.4, 0.5) is 0 Å². The minimum Gasteiger partial charge on any atom is -0.395 e. The van der Waals surface area contributed by atoms with E-state index in [-0.39, 0.29) is 24.5 Å². The standard InChI is InChI=1S/C11H22N2O2/c1-8-4-3-5-9(10(8)12)11(15)13(2)6-7-14/h8-10,14H,3-7,12H2,1-2H3. The Bertz CT molecular complexity index is 221. The van der Waals surface area contributed by atoms with Gasteiger partial charge in [0.2, 0.25) is 5.91 Å². The number of rotatable bonds is 3. The molecule has 1 fully saturated rings. The van der Waals surface area contributed by atoms with Crippen molar-refractivity contribution in [3.8, 4) is 0 Å². The number of hydrogen-bond donors (Lipinski definition) is 2.